The SMILES string of the molecule is CCCCN(CCCC)c1ccc2c(c1)Oc1cc(OC)c(N(c3ccc4c(c3)OCO4)c3ccc4c(c3)OCO4)cc1C21OC(=O)c2ccccc21. The van der Waals surface area contributed by atoms with E-state index in [4.69, 9.17) is 33.2 Å². The predicted octanol–water partition coefficient (Wildman–Crippen LogP) is 9.60. The van der Waals surface area contributed by atoms with Gasteiger partial charge in [-0.1, -0.05) is 44.9 Å². The van der Waals surface area contributed by atoms with Gasteiger partial charge in [0.15, 0.2) is 28.6 Å². The van der Waals surface area contributed by atoms with Gasteiger partial charge in [0.05, 0.1) is 29.7 Å². The molecule has 53 heavy (non-hydrogen) atoms. The number of esters is 1. The van der Waals surface area contributed by atoms with Gasteiger partial charge in [-0.2, -0.15) is 0 Å². The number of benzene rings is 5. The highest BCUT2D eigenvalue weighted by atomic mass is 16.7. The fourth-order valence-corrected chi connectivity index (χ4v) is 7.76. The highest BCUT2D eigenvalue weighted by Crippen LogP contribution is 2.59. The third-order valence-corrected chi connectivity index (χ3v) is 10.4. The van der Waals surface area contributed by atoms with Crippen LogP contribution in [-0.4, -0.2) is 39.8 Å². The molecule has 10 heteroatoms. The third-order valence-electron chi connectivity index (χ3n) is 10.4. The number of fused-ring (bicyclic) bond motifs is 8. The molecule has 0 bridgehead atoms. The zero-order valence-electron chi connectivity index (χ0n) is 30.0. The number of rotatable bonds is 11. The standard InChI is InChI=1S/C43H40N2O8/c1-4-6-18-44(19-7-5-2)27-12-15-32-37(20-27)52-38-24-39(47-3)34(23-33(38)43(32)31-11-9-8-10-30(31)42(46)53-43)45(28-13-16-35-40(21-28)50-25-48-35)29-14-17-36-41(22-29)51-26-49-36/h8-17,20-24H,4-7,18-19,25-26H2,1-3H3. The van der Waals surface area contributed by atoms with E-state index >= 15 is 0 Å². The fraction of sp³-hybridized carbons (Fsp3) is 0.279. The minimum absolute atomic E-state index is 0.145. The molecule has 5 aromatic carbocycles. The Morgan fingerprint density at radius 2 is 1.25 bits per heavy atom. The van der Waals surface area contributed by atoms with Crippen LogP contribution in [-0.2, 0) is 10.3 Å². The van der Waals surface area contributed by atoms with E-state index in [2.05, 4.69) is 41.8 Å². The third kappa shape index (κ3) is 5.34. The summed E-state index contributed by atoms with van der Waals surface area (Å²) in [5, 5.41) is 0. The minimum atomic E-state index is -1.29. The second-order valence-corrected chi connectivity index (χ2v) is 13.5. The molecular weight excluding hydrogens is 672 g/mol. The van der Waals surface area contributed by atoms with E-state index in [1.807, 2.05) is 72.8 Å². The topological polar surface area (TPSA) is 88.2 Å². The van der Waals surface area contributed by atoms with Crippen molar-refractivity contribution in [1.29, 1.82) is 0 Å². The summed E-state index contributed by atoms with van der Waals surface area (Å²) in [6.45, 7) is 6.60. The summed E-state index contributed by atoms with van der Waals surface area (Å²) in [7, 11) is 1.64. The number of methoxy groups -OCH3 is 1. The Morgan fingerprint density at radius 1 is 0.642 bits per heavy atom. The predicted molar refractivity (Wildman–Crippen MR) is 200 cm³/mol. The summed E-state index contributed by atoms with van der Waals surface area (Å²) in [6, 6.07) is 29.3. The first kappa shape index (κ1) is 32.8. The van der Waals surface area contributed by atoms with Crippen molar-refractivity contribution in [3.8, 4) is 40.2 Å². The lowest BCUT2D eigenvalue weighted by Crippen LogP contribution is -2.34. The summed E-state index contributed by atoms with van der Waals surface area (Å²) in [4.78, 5) is 18.3. The molecule has 9 rings (SSSR count). The zero-order valence-corrected chi connectivity index (χ0v) is 30.0. The molecule has 1 unspecified atom stereocenters. The Kier molecular flexibility index (Phi) is 8.17. The molecule has 1 atom stereocenters. The highest BCUT2D eigenvalue weighted by Gasteiger charge is 2.54. The summed E-state index contributed by atoms with van der Waals surface area (Å²) in [5.74, 6) is 3.90. The van der Waals surface area contributed by atoms with Gasteiger partial charge in [0, 0.05) is 59.7 Å². The van der Waals surface area contributed by atoms with Crippen LogP contribution < -0.4 is 38.2 Å². The van der Waals surface area contributed by atoms with Crippen molar-refractivity contribution < 1.29 is 38.0 Å². The van der Waals surface area contributed by atoms with E-state index in [0.717, 1.165) is 67.0 Å². The molecule has 4 aliphatic heterocycles. The smallest absolute Gasteiger partial charge is 0.340 e. The van der Waals surface area contributed by atoms with Crippen LogP contribution >= 0.6 is 0 Å². The van der Waals surface area contributed by atoms with Crippen LogP contribution in [0.25, 0.3) is 0 Å². The number of hydrogen-bond donors (Lipinski definition) is 0. The maximum absolute atomic E-state index is 13.8. The lowest BCUT2D eigenvalue weighted by Gasteiger charge is -2.38. The molecule has 0 N–H and O–H groups in total. The maximum atomic E-state index is 13.8. The second-order valence-electron chi connectivity index (χ2n) is 13.5. The molecular formula is C43H40N2O8. The fourth-order valence-electron chi connectivity index (χ4n) is 7.76. The number of anilines is 4. The van der Waals surface area contributed by atoms with Gasteiger partial charge in [-0.25, -0.2) is 4.79 Å². The van der Waals surface area contributed by atoms with E-state index in [1.165, 1.54) is 0 Å². The lowest BCUT2D eigenvalue weighted by atomic mass is 9.77. The molecule has 270 valence electrons. The van der Waals surface area contributed by atoms with Gasteiger partial charge >= 0.3 is 5.97 Å². The van der Waals surface area contributed by atoms with Gasteiger partial charge < -0.3 is 43.0 Å². The van der Waals surface area contributed by atoms with Gasteiger partial charge in [-0.3, -0.25) is 0 Å². The van der Waals surface area contributed by atoms with E-state index in [1.54, 1.807) is 7.11 Å². The summed E-state index contributed by atoms with van der Waals surface area (Å²) < 4.78 is 42.5. The van der Waals surface area contributed by atoms with E-state index < -0.39 is 11.6 Å². The van der Waals surface area contributed by atoms with Crippen molar-refractivity contribution in [3.63, 3.8) is 0 Å². The van der Waals surface area contributed by atoms with Crippen molar-refractivity contribution in [2.45, 2.75) is 45.1 Å². The van der Waals surface area contributed by atoms with Crippen LogP contribution in [0, 0.1) is 0 Å². The van der Waals surface area contributed by atoms with Gasteiger partial charge in [-0.05, 0) is 61.4 Å². The van der Waals surface area contributed by atoms with Gasteiger partial charge in [0.1, 0.15) is 17.2 Å². The van der Waals surface area contributed by atoms with Crippen LogP contribution in [0.3, 0.4) is 0 Å². The molecule has 0 aliphatic carbocycles. The molecule has 4 heterocycles. The lowest BCUT2D eigenvalue weighted by molar-refractivity contribution is 0.0224. The molecule has 4 aliphatic rings. The van der Waals surface area contributed by atoms with Crippen molar-refractivity contribution >= 4 is 28.7 Å². The Morgan fingerprint density at radius 3 is 1.91 bits per heavy atom. The highest BCUT2D eigenvalue weighted by molar-refractivity contribution is 5.97. The van der Waals surface area contributed by atoms with Crippen molar-refractivity contribution in [3.05, 3.63) is 113 Å². The van der Waals surface area contributed by atoms with Crippen molar-refractivity contribution in [1.82, 2.24) is 0 Å². The molecule has 10 nitrogen and oxygen atoms in total. The van der Waals surface area contributed by atoms with Crippen LogP contribution in [0.2, 0.25) is 0 Å². The van der Waals surface area contributed by atoms with Gasteiger partial charge in [0.2, 0.25) is 13.6 Å². The number of hydrogen-bond acceptors (Lipinski definition) is 10. The van der Waals surface area contributed by atoms with Gasteiger partial charge in [-0.15, -0.1) is 0 Å². The first-order valence-electron chi connectivity index (χ1n) is 18.2. The van der Waals surface area contributed by atoms with E-state index in [0.29, 0.717) is 57.1 Å². The zero-order chi connectivity index (χ0) is 36.1. The first-order valence-corrected chi connectivity index (χ1v) is 18.2. The molecule has 0 saturated heterocycles. The summed E-state index contributed by atoms with van der Waals surface area (Å²) in [5.41, 5.74) is 4.73. The quantitative estimate of drug-likeness (QED) is 0.123. The normalized spacial score (nSPS) is 16.8. The van der Waals surface area contributed by atoms with Gasteiger partial charge in [0.25, 0.3) is 0 Å². The van der Waals surface area contributed by atoms with Crippen LogP contribution in [0.5, 0.6) is 40.2 Å². The Labute approximate surface area is 308 Å². The van der Waals surface area contributed by atoms with E-state index in [-0.39, 0.29) is 13.6 Å². The minimum Gasteiger partial charge on any atom is -0.494 e. The Balaban J connectivity index is 1.25. The molecule has 0 amide bonds. The first-order chi connectivity index (χ1) is 26.0. The number of carbonyl (C=O) groups excluding carboxylic acids is 1. The Hall–Kier alpha value is -6.03. The number of unbranched alkanes of at least 4 members (excludes halogenated alkanes) is 2. The van der Waals surface area contributed by atoms with Crippen LogP contribution in [0.4, 0.5) is 22.7 Å². The largest absolute Gasteiger partial charge is 0.494 e. The van der Waals surface area contributed by atoms with Crippen LogP contribution in [0.15, 0.2) is 91.0 Å². The van der Waals surface area contributed by atoms with Crippen molar-refractivity contribution in [2.24, 2.45) is 0 Å². The van der Waals surface area contributed by atoms with E-state index in [9.17, 15) is 4.79 Å². The molecule has 1 spiro atoms. The molecule has 0 aromatic heterocycles. The Bertz CT molecular complexity index is 2170. The maximum Gasteiger partial charge on any atom is 0.340 e. The number of carbonyl (C=O) groups is 1. The van der Waals surface area contributed by atoms with Crippen molar-refractivity contribution in [2.75, 3.05) is 43.6 Å². The average molecular weight is 713 g/mol. The monoisotopic (exact) mass is 712 g/mol. The summed E-state index contributed by atoms with van der Waals surface area (Å²) >= 11 is 0. The molecule has 0 fully saturated rings. The molecule has 5 aromatic rings. The second kappa shape index (κ2) is 13.2. The molecule has 0 saturated carbocycles. The number of nitrogens with zero attached hydrogens (tertiary/aromatic N) is 2. The van der Waals surface area contributed by atoms with Crippen LogP contribution in [0.1, 0.15) is 66.6 Å². The number of ether oxygens (including phenoxy) is 7. The summed E-state index contributed by atoms with van der Waals surface area (Å²) in [6.07, 6.45) is 4.38. The average Bonchev–Trinajstić information content (AvgIpc) is 3.93. The molecule has 0 radical (unpaired) electrons.